The first-order valence-electron chi connectivity index (χ1n) is 6.71. The van der Waals surface area contributed by atoms with Gasteiger partial charge >= 0.3 is 0 Å². The Kier molecular flexibility index (Phi) is 4.22. The van der Waals surface area contributed by atoms with Gasteiger partial charge in [-0.15, -0.1) is 0 Å². The number of pyridine rings is 1. The number of nitrogens with one attached hydrogen (secondary N) is 2. The van der Waals surface area contributed by atoms with Crippen LogP contribution in [-0.4, -0.2) is 35.5 Å². The van der Waals surface area contributed by atoms with Crippen molar-refractivity contribution in [3.63, 3.8) is 0 Å². The van der Waals surface area contributed by atoms with Crippen LogP contribution >= 0.6 is 0 Å². The first kappa shape index (κ1) is 14.3. The second-order valence-electron chi connectivity index (χ2n) is 4.96. The molecule has 2 amide bonds. The topological polar surface area (TPSA) is 80.3 Å². The van der Waals surface area contributed by atoms with Crippen molar-refractivity contribution in [2.75, 3.05) is 13.2 Å². The lowest BCUT2D eigenvalue weighted by molar-refractivity contribution is -0.130. The van der Waals surface area contributed by atoms with Crippen LogP contribution in [0, 0.1) is 0 Å². The molecule has 1 aliphatic heterocycles. The van der Waals surface area contributed by atoms with Gasteiger partial charge in [0.15, 0.2) is 0 Å². The van der Waals surface area contributed by atoms with Gasteiger partial charge in [-0.3, -0.25) is 9.59 Å². The van der Waals surface area contributed by atoms with Crippen molar-refractivity contribution in [2.45, 2.75) is 32.2 Å². The highest BCUT2D eigenvalue weighted by molar-refractivity contribution is 5.93. The van der Waals surface area contributed by atoms with E-state index in [0.29, 0.717) is 31.1 Å². The van der Waals surface area contributed by atoms with Crippen molar-refractivity contribution in [3.05, 3.63) is 23.9 Å². The number of aromatic nitrogens is 1. The molecule has 0 bridgehead atoms. The van der Waals surface area contributed by atoms with E-state index in [1.54, 1.807) is 25.1 Å². The highest BCUT2D eigenvalue weighted by Gasteiger charge is 2.38. The number of carbonyl (C=O) groups excluding carboxylic acids is 2. The summed E-state index contributed by atoms with van der Waals surface area (Å²) in [6.45, 7) is 4.73. The van der Waals surface area contributed by atoms with Gasteiger partial charge in [-0.25, -0.2) is 4.98 Å². The highest BCUT2D eigenvalue weighted by atomic mass is 16.5. The zero-order chi connectivity index (χ0) is 14.6. The molecule has 0 radical (unpaired) electrons. The first-order valence-corrected chi connectivity index (χ1v) is 6.71. The van der Waals surface area contributed by atoms with Crippen LogP contribution in [0.5, 0.6) is 5.88 Å². The molecule has 20 heavy (non-hydrogen) atoms. The van der Waals surface area contributed by atoms with E-state index in [-0.39, 0.29) is 18.2 Å². The maximum absolute atomic E-state index is 12.0. The fourth-order valence-corrected chi connectivity index (χ4v) is 2.15. The minimum absolute atomic E-state index is 0.129. The fraction of sp³-hybridized carbons (Fsp3) is 0.500. The molecule has 0 saturated carbocycles. The van der Waals surface area contributed by atoms with Crippen LogP contribution in [0.1, 0.15) is 26.0 Å². The van der Waals surface area contributed by atoms with E-state index < -0.39 is 5.54 Å². The van der Waals surface area contributed by atoms with Crippen LogP contribution in [0.25, 0.3) is 0 Å². The van der Waals surface area contributed by atoms with Crippen LogP contribution in [0.15, 0.2) is 18.2 Å². The maximum atomic E-state index is 12.0. The summed E-state index contributed by atoms with van der Waals surface area (Å²) in [7, 11) is 0. The van der Waals surface area contributed by atoms with Crippen LogP contribution in [0.2, 0.25) is 0 Å². The average molecular weight is 277 g/mol. The van der Waals surface area contributed by atoms with Crippen molar-refractivity contribution in [1.29, 1.82) is 0 Å². The molecular weight excluding hydrogens is 258 g/mol. The lowest BCUT2D eigenvalue weighted by atomic mass is 10.0. The van der Waals surface area contributed by atoms with E-state index in [1.807, 2.05) is 6.92 Å². The van der Waals surface area contributed by atoms with E-state index in [2.05, 4.69) is 15.6 Å². The molecule has 6 heteroatoms. The Morgan fingerprint density at radius 1 is 1.55 bits per heavy atom. The zero-order valence-electron chi connectivity index (χ0n) is 11.7. The van der Waals surface area contributed by atoms with E-state index in [9.17, 15) is 9.59 Å². The zero-order valence-corrected chi connectivity index (χ0v) is 11.7. The number of amides is 2. The molecular formula is C14H19N3O3. The van der Waals surface area contributed by atoms with E-state index in [1.165, 1.54) is 0 Å². The summed E-state index contributed by atoms with van der Waals surface area (Å²) < 4.78 is 5.29. The summed E-state index contributed by atoms with van der Waals surface area (Å²) in [4.78, 5) is 27.9. The standard InChI is InChI=1S/C14H19N3O3/c1-3-20-12-6-4-5-10(16-12)9-11(18)17-14(2)7-8-15-13(14)19/h4-6H,3,7-9H2,1-2H3,(H,15,19)(H,17,18). The van der Waals surface area contributed by atoms with Crippen molar-refractivity contribution in [3.8, 4) is 5.88 Å². The Bertz CT molecular complexity index is 518. The monoisotopic (exact) mass is 277 g/mol. The summed E-state index contributed by atoms with van der Waals surface area (Å²) in [5, 5.41) is 5.49. The Morgan fingerprint density at radius 3 is 3.00 bits per heavy atom. The molecule has 2 heterocycles. The van der Waals surface area contributed by atoms with Crippen molar-refractivity contribution < 1.29 is 14.3 Å². The van der Waals surface area contributed by atoms with Gasteiger partial charge in [0.2, 0.25) is 17.7 Å². The second-order valence-corrected chi connectivity index (χ2v) is 4.96. The SMILES string of the molecule is CCOc1cccc(CC(=O)NC2(C)CCNC2=O)n1. The lowest BCUT2D eigenvalue weighted by Crippen LogP contribution is -2.51. The fourth-order valence-electron chi connectivity index (χ4n) is 2.15. The summed E-state index contributed by atoms with van der Waals surface area (Å²) in [5.74, 6) is 0.148. The molecule has 108 valence electrons. The van der Waals surface area contributed by atoms with Crippen LogP contribution < -0.4 is 15.4 Å². The number of hydrogen-bond acceptors (Lipinski definition) is 4. The number of hydrogen-bond donors (Lipinski definition) is 2. The van der Waals surface area contributed by atoms with Crippen LogP contribution in [-0.2, 0) is 16.0 Å². The van der Waals surface area contributed by atoms with Gasteiger partial charge < -0.3 is 15.4 Å². The molecule has 1 aliphatic rings. The summed E-state index contributed by atoms with van der Waals surface area (Å²) in [5.41, 5.74) is -0.190. The minimum Gasteiger partial charge on any atom is -0.478 e. The molecule has 1 fully saturated rings. The second kappa shape index (κ2) is 5.90. The molecule has 1 atom stereocenters. The number of nitrogens with zero attached hydrogens (tertiary/aromatic N) is 1. The quantitative estimate of drug-likeness (QED) is 0.817. The molecule has 1 aromatic heterocycles. The average Bonchev–Trinajstić information content (AvgIpc) is 2.69. The van der Waals surface area contributed by atoms with Gasteiger partial charge in [0.1, 0.15) is 5.54 Å². The predicted octanol–water partition coefficient (Wildman–Crippen LogP) is 0.418. The highest BCUT2D eigenvalue weighted by Crippen LogP contribution is 2.15. The number of carbonyl (C=O) groups is 2. The molecule has 1 unspecified atom stereocenters. The third kappa shape index (κ3) is 3.26. The van der Waals surface area contributed by atoms with Gasteiger partial charge in [0.05, 0.1) is 18.7 Å². The Labute approximate surface area is 117 Å². The lowest BCUT2D eigenvalue weighted by Gasteiger charge is -2.22. The minimum atomic E-state index is -0.811. The third-order valence-corrected chi connectivity index (χ3v) is 3.24. The van der Waals surface area contributed by atoms with E-state index in [4.69, 9.17) is 4.74 Å². The number of ether oxygens (including phenoxy) is 1. The Balaban J connectivity index is 1.97. The molecule has 6 nitrogen and oxygen atoms in total. The third-order valence-electron chi connectivity index (χ3n) is 3.24. The van der Waals surface area contributed by atoms with Gasteiger partial charge in [0, 0.05) is 12.6 Å². The van der Waals surface area contributed by atoms with Gasteiger partial charge in [0.25, 0.3) is 0 Å². The van der Waals surface area contributed by atoms with Crippen molar-refractivity contribution >= 4 is 11.8 Å². The molecule has 2 N–H and O–H groups in total. The molecule has 1 saturated heterocycles. The summed E-state index contributed by atoms with van der Waals surface area (Å²) in [6, 6.07) is 5.31. The summed E-state index contributed by atoms with van der Waals surface area (Å²) in [6.07, 6.45) is 0.730. The number of rotatable bonds is 5. The maximum Gasteiger partial charge on any atom is 0.245 e. The smallest absolute Gasteiger partial charge is 0.245 e. The molecule has 0 aromatic carbocycles. The molecule has 0 spiro atoms. The molecule has 2 rings (SSSR count). The largest absolute Gasteiger partial charge is 0.478 e. The summed E-state index contributed by atoms with van der Waals surface area (Å²) >= 11 is 0. The van der Waals surface area contributed by atoms with Crippen LogP contribution in [0.3, 0.4) is 0 Å². The van der Waals surface area contributed by atoms with Gasteiger partial charge in [-0.2, -0.15) is 0 Å². The normalized spacial score (nSPS) is 21.4. The van der Waals surface area contributed by atoms with Crippen LogP contribution in [0.4, 0.5) is 0 Å². The Morgan fingerprint density at radius 2 is 2.35 bits per heavy atom. The van der Waals surface area contributed by atoms with E-state index >= 15 is 0 Å². The first-order chi connectivity index (χ1) is 9.53. The van der Waals surface area contributed by atoms with E-state index in [0.717, 1.165) is 0 Å². The van der Waals surface area contributed by atoms with Gasteiger partial charge in [-0.05, 0) is 26.3 Å². The molecule has 0 aliphatic carbocycles. The Hall–Kier alpha value is -2.11. The van der Waals surface area contributed by atoms with Gasteiger partial charge in [-0.1, -0.05) is 6.07 Å². The van der Waals surface area contributed by atoms with Crippen molar-refractivity contribution in [1.82, 2.24) is 15.6 Å². The molecule has 1 aromatic rings. The predicted molar refractivity (Wildman–Crippen MR) is 73.3 cm³/mol. The van der Waals surface area contributed by atoms with Crippen molar-refractivity contribution in [2.24, 2.45) is 0 Å².